The molecule has 1 aliphatic heterocycles. The first-order valence-corrected chi connectivity index (χ1v) is 4.70. The second-order valence-electron chi connectivity index (χ2n) is 3.59. The van der Waals surface area contributed by atoms with Crippen molar-refractivity contribution in [2.24, 2.45) is 5.92 Å². The molecular formula is C11H12N2O. The summed E-state index contributed by atoms with van der Waals surface area (Å²) in [6.45, 7) is 1.62. The monoisotopic (exact) mass is 188 g/mol. The number of hydrogen-bond acceptors (Lipinski definition) is 3. The highest BCUT2D eigenvalue weighted by atomic mass is 16.3. The smallest absolute Gasteiger partial charge is 0.115 e. The van der Waals surface area contributed by atoms with Crippen LogP contribution in [0.25, 0.3) is 0 Å². The Labute approximate surface area is 83.0 Å². The Balaban J connectivity index is 2.23. The van der Waals surface area contributed by atoms with Gasteiger partial charge in [-0.15, -0.1) is 0 Å². The average molecular weight is 188 g/mol. The number of rotatable bonds is 1. The molecule has 0 radical (unpaired) electrons. The zero-order valence-electron chi connectivity index (χ0n) is 7.77. The summed E-state index contributed by atoms with van der Waals surface area (Å²) in [6.07, 6.45) is 0. The van der Waals surface area contributed by atoms with E-state index < -0.39 is 0 Å². The zero-order chi connectivity index (χ0) is 9.97. The topological polar surface area (TPSA) is 56.0 Å². The normalized spacial score (nSPS) is 25.9. The fourth-order valence-corrected chi connectivity index (χ4v) is 1.89. The standard InChI is InChI=1S/C11H12N2O/c12-5-9-6-13-7-11(9)8-1-3-10(14)4-2-8/h1-4,9,11,13-14H,6-7H2. The number of phenols is 1. The molecule has 0 bridgehead atoms. The van der Waals surface area contributed by atoms with Gasteiger partial charge >= 0.3 is 0 Å². The summed E-state index contributed by atoms with van der Waals surface area (Å²) in [5.41, 5.74) is 1.12. The Morgan fingerprint density at radius 3 is 2.64 bits per heavy atom. The van der Waals surface area contributed by atoms with E-state index in [1.165, 1.54) is 0 Å². The minimum Gasteiger partial charge on any atom is -0.508 e. The van der Waals surface area contributed by atoms with Crippen LogP contribution in [0.2, 0.25) is 0 Å². The quantitative estimate of drug-likeness (QED) is 0.696. The Morgan fingerprint density at radius 1 is 1.29 bits per heavy atom. The number of nitriles is 1. The van der Waals surface area contributed by atoms with Crippen molar-refractivity contribution in [3.63, 3.8) is 0 Å². The van der Waals surface area contributed by atoms with Gasteiger partial charge < -0.3 is 10.4 Å². The van der Waals surface area contributed by atoms with E-state index in [9.17, 15) is 0 Å². The molecule has 1 heterocycles. The molecule has 2 atom stereocenters. The Hall–Kier alpha value is -1.53. The summed E-state index contributed by atoms with van der Waals surface area (Å²) in [4.78, 5) is 0. The maximum atomic E-state index is 9.14. The molecule has 0 aliphatic carbocycles. The van der Waals surface area contributed by atoms with Crippen molar-refractivity contribution in [2.75, 3.05) is 13.1 Å². The van der Waals surface area contributed by atoms with Crippen LogP contribution in [0.15, 0.2) is 24.3 Å². The van der Waals surface area contributed by atoms with Crippen molar-refractivity contribution in [3.05, 3.63) is 29.8 Å². The maximum absolute atomic E-state index is 9.14. The predicted molar refractivity (Wildman–Crippen MR) is 52.8 cm³/mol. The van der Waals surface area contributed by atoms with Crippen LogP contribution in [0.4, 0.5) is 0 Å². The predicted octanol–water partition coefficient (Wildman–Crippen LogP) is 1.22. The molecule has 0 spiro atoms. The summed E-state index contributed by atoms with van der Waals surface area (Å²) < 4.78 is 0. The molecule has 1 fully saturated rings. The van der Waals surface area contributed by atoms with Crippen molar-refractivity contribution < 1.29 is 5.11 Å². The van der Waals surface area contributed by atoms with E-state index in [0.29, 0.717) is 0 Å². The van der Waals surface area contributed by atoms with Crippen LogP contribution in [0.1, 0.15) is 11.5 Å². The molecule has 72 valence electrons. The molecule has 3 heteroatoms. The van der Waals surface area contributed by atoms with Crippen LogP contribution in [0, 0.1) is 17.2 Å². The van der Waals surface area contributed by atoms with Crippen molar-refractivity contribution in [2.45, 2.75) is 5.92 Å². The maximum Gasteiger partial charge on any atom is 0.115 e. The average Bonchev–Trinajstić information content (AvgIpc) is 2.67. The van der Waals surface area contributed by atoms with E-state index in [4.69, 9.17) is 10.4 Å². The van der Waals surface area contributed by atoms with Crippen LogP contribution < -0.4 is 5.32 Å². The lowest BCUT2D eigenvalue weighted by atomic mass is 9.90. The minimum atomic E-state index is 0.0551. The van der Waals surface area contributed by atoms with E-state index in [2.05, 4.69) is 11.4 Å². The van der Waals surface area contributed by atoms with Crippen molar-refractivity contribution >= 4 is 0 Å². The minimum absolute atomic E-state index is 0.0551. The molecule has 1 aromatic rings. The third-order valence-corrected chi connectivity index (χ3v) is 2.70. The van der Waals surface area contributed by atoms with Gasteiger partial charge in [-0.1, -0.05) is 12.1 Å². The van der Waals surface area contributed by atoms with Crippen molar-refractivity contribution in [1.29, 1.82) is 5.26 Å². The van der Waals surface area contributed by atoms with Crippen LogP contribution in [0.5, 0.6) is 5.75 Å². The van der Waals surface area contributed by atoms with Gasteiger partial charge in [-0.3, -0.25) is 0 Å². The number of benzene rings is 1. The van der Waals surface area contributed by atoms with Gasteiger partial charge in [-0.05, 0) is 17.7 Å². The van der Waals surface area contributed by atoms with E-state index in [1.54, 1.807) is 12.1 Å². The van der Waals surface area contributed by atoms with Crippen LogP contribution >= 0.6 is 0 Å². The summed E-state index contributed by atoms with van der Waals surface area (Å²) in [5, 5.41) is 21.3. The van der Waals surface area contributed by atoms with Crippen LogP contribution in [-0.2, 0) is 0 Å². The summed E-state index contributed by atoms with van der Waals surface area (Å²) in [6, 6.07) is 9.41. The van der Waals surface area contributed by atoms with Gasteiger partial charge in [0.1, 0.15) is 5.75 Å². The molecule has 2 N–H and O–H groups in total. The molecular weight excluding hydrogens is 176 g/mol. The largest absolute Gasteiger partial charge is 0.508 e. The first-order chi connectivity index (χ1) is 6.81. The fraction of sp³-hybridized carbons (Fsp3) is 0.364. The van der Waals surface area contributed by atoms with Gasteiger partial charge in [0, 0.05) is 19.0 Å². The van der Waals surface area contributed by atoms with Crippen molar-refractivity contribution in [3.8, 4) is 11.8 Å². The molecule has 0 amide bonds. The molecule has 3 nitrogen and oxygen atoms in total. The lowest BCUT2D eigenvalue weighted by Crippen LogP contribution is -2.08. The second-order valence-corrected chi connectivity index (χ2v) is 3.59. The van der Waals surface area contributed by atoms with E-state index in [-0.39, 0.29) is 17.6 Å². The summed E-state index contributed by atoms with van der Waals surface area (Å²) >= 11 is 0. The third-order valence-electron chi connectivity index (χ3n) is 2.70. The number of phenolic OH excluding ortho intramolecular Hbond substituents is 1. The zero-order valence-corrected chi connectivity index (χ0v) is 7.77. The Bertz CT molecular complexity index is 353. The van der Waals surface area contributed by atoms with Gasteiger partial charge in [0.15, 0.2) is 0 Å². The molecule has 0 aromatic heterocycles. The molecule has 14 heavy (non-hydrogen) atoms. The highest BCUT2D eigenvalue weighted by molar-refractivity contribution is 5.30. The molecule has 1 aromatic carbocycles. The van der Waals surface area contributed by atoms with Crippen LogP contribution in [-0.4, -0.2) is 18.2 Å². The lowest BCUT2D eigenvalue weighted by Gasteiger charge is -2.12. The lowest BCUT2D eigenvalue weighted by molar-refractivity contribution is 0.474. The number of nitrogens with zero attached hydrogens (tertiary/aromatic N) is 1. The van der Waals surface area contributed by atoms with Crippen LogP contribution in [0.3, 0.4) is 0 Å². The van der Waals surface area contributed by atoms with Gasteiger partial charge in [0.05, 0.1) is 12.0 Å². The Kier molecular flexibility index (Phi) is 2.38. The highest BCUT2D eigenvalue weighted by Gasteiger charge is 2.27. The second kappa shape index (κ2) is 3.69. The van der Waals surface area contributed by atoms with Gasteiger partial charge in [0.2, 0.25) is 0 Å². The molecule has 0 saturated carbocycles. The highest BCUT2D eigenvalue weighted by Crippen LogP contribution is 2.28. The summed E-state index contributed by atoms with van der Waals surface area (Å²) in [5.74, 6) is 0.591. The molecule has 2 rings (SSSR count). The molecule has 2 unspecified atom stereocenters. The molecule has 1 aliphatic rings. The summed E-state index contributed by atoms with van der Waals surface area (Å²) in [7, 11) is 0. The SMILES string of the molecule is N#CC1CNCC1c1ccc(O)cc1. The Morgan fingerprint density at radius 2 is 2.00 bits per heavy atom. The first-order valence-electron chi connectivity index (χ1n) is 4.70. The third kappa shape index (κ3) is 1.57. The number of hydrogen-bond donors (Lipinski definition) is 2. The van der Waals surface area contributed by atoms with Gasteiger partial charge in [0.25, 0.3) is 0 Å². The van der Waals surface area contributed by atoms with Crippen molar-refractivity contribution in [1.82, 2.24) is 5.32 Å². The van der Waals surface area contributed by atoms with Gasteiger partial charge in [-0.2, -0.15) is 5.26 Å². The van der Waals surface area contributed by atoms with Gasteiger partial charge in [-0.25, -0.2) is 0 Å². The molecule has 1 saturated heterocycles. The number of nitrogens with one attached hydrogen (secondary N) is 1. The first kappa shape index (κ1) is 9.04. The van der Waals surface area contributed by atoms with E-state index in [1.807, 2.05) is 12.1 Å². The number of aromatic hydroxyl groups is 1. The van der Waals surface area contributed by atoms with E-state index >= 15 is 0 Å². The van der Waals surface area contributed by atoms with E-state index in [0.717, 1.165) is 18.7 Å². The fourth-order valence-electron chi connectivity index (χ4n) is 1.89.